The van der Waals surface area contributed by atoms with E-state index in [2.05, 4.69) is 41.0 Å². The van der Waals surface area contributed by atoms with Gasteiger partial charge in [-0.3, -0.25) is 9.69 Å². The average Bonchev–Trinajstić information content (AvgIpc) is 2.92. The third-order valence-electron chi connectivity index (χ3n) is 7.02. The van der Waals surface area contributed by atoms with Crippen LogP contribution in [0.2, 0.25) is 0 Å². The van der Waals surface area contributed by atoms with Gasteiger partial charge in [0.1, 0.15) is 17.6 Å². The van der Waals surface area contributed by atoms with Gasteiger partial charge in [-0.2, -0.15) is 0 Å². The molecule has 0 saturated carbocycles. The van der Waals surface area contributed by atoms with E-state index in [4.69, 9.17) is 18.6 Å². The third-order valence-corrected chi connectivity index (χ3v) is 8.32. The average molecular weight is 521 g/mol. The van der Waals surface area contributed by atoms with E-state index < -0.39 is 0 Å². The number of morpholine rings is 2. The monoisotopic (exact) mass is 520 g/mol. The second-order valence-corrected chi connectivity index (χ2v) is 10.8. The van der Waals surface area contributed by atoms with E-state index in [0.717, 1.165) is 68.6 Å². The zero-order valence-corrected chi connectivity index (χ0v) is 21.9. The Morgan fingerprint density at radius 2 is 1.73 bits per heavy atom. The highest BCUT2D eigenvalue weighted by Crippen LogP contribution is 2.45. The molecular weight excluding hydrogens is 488 g/mol. The van der Waals surface area contributed by atoms with Gasteiger partial charge in [0.25, 0.3) is 0 Å². The summed E-state index contributed by atoms with van der Waals surface area (Å²) < 4.78 is 23.5. The molecule has 0 radical (unpaired) electrons. The first-order valence-corrected chi connectivity index (χ1v) is 13.8. The Morgan fingerprint density at radius 3 is 2.54 bits per heavy atom. The Kier molecular flexibility index (Phi) is 7.24. The lowest BCUT2D eigenvalue weighted by atomic mass is 10.0. The standard InChI is InChI=1S/C29H32N2O5S/c1-20(19-30-7-11-33-12-8-30)35-24-5-6-27-22(16-24)15-21-3-2-4-25(29(21)37-27)26-17-23(32)18-28(36-26)31-9-13-34-14-10-31/h2-6,16-18,20H,7-15,19H2,1H3/t20-/m1/s1. The highest BCUT2D eigenvalue weighted by molar-refractivity contribution is 7.99. The van der Waals surface area contributed by atoms with E-state index in [1.54, 1.807) is 23.9 Å². The van der Waals surface area contributed by atoms with Gasteiger partial charge in [0.05, 0.1) is 26.4 Å². The van der Waals surface area contributed by atoms with Crippen molar-refractivity contribution in [3.8, 4) is 17.1 Å². The van der Waals surface area contributed by atoms with Gasteiger partial charge in [0.15, 0.2) is 11.3 Å². The lowest BCUT2D eigenvalue weighted by molar-refractivity contribution is 0.0218. The predicted molar refractivity (Wildman–Crippen MR) is 144 cm³/mol. The van der Waals surface area contributed by atoms with E-state index in [1.165, 1.54) is 16.0 Å². The minimum Gasteiger partial charge on any atom is -0.489 e. The van der Waals surface area contributed by atoms with Crippen molar-refractivity contribution in [3.05, 3.63) is 69.9 Å². The molecule has 4 heterocycles. The summed E-state index contributed by atoms with van der Waals surface area (Å²) in [6, 6.07) is 15.8. The van der Waals surface area contributed by atoms with Crippen LogP contribution < -0.4 is 15.1 Å². The highest BCUT2D eigenvalue weighted by atomic mass is 32.2. The second kappa shape index (κ2) is 10.9. The number of hydrogen-bond donors (Lipinski definition) is 0. The molecule has 0 spiro atoms. The summed E-state index contributed by atoms with van der Waals surface area (Å²) in [4.78, 5) is 19.4. The number of ether oxygens (including phenoxy) is 3. The SMILES string of the molecule is C[C@H](CN1CCOCC1)Oc1ccc2c(c1)Cc1cccc(-c3cc(=O)cc(N4CCOCC4)o3)c1S2. The fraction of sp³-hybridized carbons (Fsp3) is 0.414. The zero-order valence-electron chi connectivity index (χ0n) is 21.1. The predicted octanol–water partition coefficient (Wildman–Crippen LogP) is 4.30. The Balaban J connectivity index is 1.22. The topological polar surface area (TPSA) is 64.4 Å². The third kappa shape index (κ3) is 5.57. The van der Waals surface area contributed by atoms with Gasteiger partial charge >= 0.3 is 0 Å². The molecule has 7 nitrogen and oxygen atoms in total. The van der Waals surface area contributed by atoms with Crippen LogP contribution in [0.25, 0.3) is 11.3 Å². The maximum Gasteiger partial charge on any atom is 0.200 e. The van der Waals surface area contributed by atoms with Gasteiger partial charge in [0.2, 0.25) is 0 Å². The van der Waals surface area contributed by atoms with Crippen LogP contribution in [0, 0.1) is 0 Å². The quantitative estimate of drug-likeness (QED) is 0.373. The Morgan fingerprint density at radius 1 is 0.946 bits per heavy atom. The summed E-state index contributed by atoms with van der Waals surface area (Å²) in [7, 11) is 0. The van der Waals surface area contributed by atoms with Gasteiger partial charge in [-0.25, -0.2) is 0 Å². The molecule has 2 aromatic carbocycles. The number of fused-ring (bicyclic) bond motifs is 2. The van der Waals surface area contributed by atoms with Crippen LogP contribution in [-0.2, 0) is 15.9 Å². The van der Waals surface area contributed by atoms with Crippen molar-refractivity contribution < 1.29 is 18.6 Å². The number of benzene rings is 2. The fourth-order valence-corrected chi connectivity index (χ4v) is 6.34. The van der Waals surface area contributed by atoms with Crippen LogP contribution in [0.1, 0.15) is 18.1 Å². The molecule has 0 unspecified atom stereocenters. The number of anilines is 1. The first kappa shape index (κ1) is 24.6. The van der Waals surface area contributed by atoms with Crippen LogP contribution in [-0.4, -0.2) is 70.2 Å². The van der Waals surface area contributed by atoms with Crippen molar-refractivity contribution >= 4 is 17.6 Å². The van der Waals surface area contributed by atoms with E-state index in [0.29, 0.717) is 24.9 Å². The number of hydrogen-bond acceptors (Lipinski definition) is 8. The molecule has 8 heteroatoms. The fourth-order valence-electron chi connectivity index (χ4n) is 5.17. The summed E-state index contributed by atoms with van der Waals surface area (Å²) in [5.74, 6) is 2.13. The van der Waals surface area contributed by atoms with Crippen molar-refractivity contribution in [2.75, 3.05) is 64.1 Å². The van der Waals surface area contributed by atoms with Crippen molar-refractivity contribution in [1.82, 2.24) is 4.90 Å². The zero-order chi connectivity index (χ0) is 25.2. The molecule has 6 rings (SSSR count). The molecule has 0 amide bonds. The van der Waals surface area contributed by atoms with Gasteiger partial charge in [-0.05, 0) is 42.7 Å². The molecule has 3 aliphatic heterocycles. The maximum absolute atomic E-state index is 12.6. The molecule has 0 N–H and O–H groups in total. The summed E-state index contributed by atoms with van der Waals surface area (Å²) in [5, 5.41) is 0. The molecule has 2 fully saturated rings. The minimum atomic E-state index is -0.0467. The van der Waals surface area contributed by atoms with Gasteiger partial charge in [0, 0.05) is 60.2 Å². The first-order valence-electron chi connectivity index (χ1n) is 13.0. The molecular formula is C29H32N2O5S. The van der Waals surface area contributed by atoms with Crippen molar-refractivity contribution in [1.29, 1.82) is 0 Å². The number of nitrogens with zero attached hydrogens (tertiary/aromatic N) is 2. The smallest absolute Gasteiger partial charge is 0.200 e. The minimum absolute atomic E-state index is 0.0467. The lowest BCUT2D eigenvalue weighted by Crippen LogP contribution is -2.41. The Bertz CT molecular complexity index is 1310. The van der Waals surface area contributed by atoms with E-state index in [1.807, 2.05) is 12.1 Å². The molecule has 2 saturated heterocycles. The number of rotatable bonds is 6. The first-order chi connectivity index (χ1) is 18.1. The van der Waals surface area contributed by atoms with Gasteiger partial charge in [-0.15, -0.1) is 0 Å². The van der Waals surface area contributed by atoms with Crippen molar-refractivity contribution in [2.45, 2.75) is 29.2 Å². The molecule has 1 aromatic heterocycles. The lowest BCUT2D eigenvalue weighted by Gasteiger charge is -2.29. The van der Waals surface area contributed by atoms with Gasteiger partial charge in [-0.1, -0.05) is 30.0 Å². The maximum atomic E-state index is 12.6. The Hall–Kier alpha value is -2.78. The van der Waals surface area contributed by atoms with Gasteiger partial charge < -0.3 is 23.5 Å². The van der Waals surface area contributed by atoms with Crippen LogP contribution >= 0.6 is 11.8 Å². The van der Waals surface area contributed by atoms with Crippen LogP contribution in [0.15, 0.2) is 67.5 Å². The van der Waals surface area contributed by atoms with Crippen LogP contribution in [0.4, 0.5) is 5.88 Å². The summed E-state index contributed by atoms with van der Waals surface area (Å²) in [5.41, 5.74) is 3.40. The molecule has 3 aliphatic rings. The van der Waals surface area contributed by atoms with E-state index in [9.17, 15) is 4.79 Å². The highest BCUT2D eigenvalue weighted by Gasteiger charge is 2.23. The molecule has 194 valence electrons. The summed E-state index contributed by atoms with van der Waals surface area (Å²) in [6.45, 7) is 9.26. The molecule has 3 aromatic rings. The summed E-state index contributed by atoms with van der Waals surface area (Å²) >= 11 is 1.73. The Labute approximate surface area is 221 Å². The normalized spacial score (nSPS) is 18.7. The molecule has 1 atom stereocenters. The summed E-state index contributed by atoms with van der Waals surface area (Å²) in [6.07, 6.45) is 0.918. The molecule has 0 bridgehead atoms. The van der Waals surface area contributed by atoms with E-state index in [-0.39, 0.29) is 11.5 Å². The van der Waals surface area contributed by atoms with E-state index >= 15 is 0 Å². The molecule has 37 heavy (non-hydrogen) atoms. The second-order valence-electron chi connectivity index (χ2n) is 9.78. The largest absolute Gasteiger partial charge is 0.489 e. The van der Waals surface area contributed by atoms with Crippen LogP contribution in [0.5, 0.6) is 5.75 Å². The van der Waals surface area contributed by atoms with Crippen LogP contribution in [0.3, 0.4) is 0 Å². The van der Waals surface area contributed by atoms with Crippen molar-refractivity contribution in [2.24, 2.45) is 0 Å². The molecule has 0 aliphatic carbocycles. The van der Waals surface area contributed by atoms with Crippen molar-refractivity contribution in [3.63, 3.8) is 0 Å².